The summed E-state index contributed by atoms with van der Waals surface area (Å²) in [4.78, 5) is 13.9. The standard InChI is InChI=1S/C13H10BrN3O5S/c14-6-1-2-8-7(5-6)12(11(16-8)13(15)20)23(21,22)17-9(18)3-4-10(17)19/h1-5,16,18-19H,(H2,15,20). The molecule has 0 bridgehead atoms. The Morgan fingerprint density at radius 1 is 1.17 bits per heavy atom. The van der Waals surface area contributed by atoms with Crippen LogP contribution in [-0.4, -0.2) is 33.5 Å². The highest BCUT2D eigenvalue weighted by Crippen LogP contribution is 2.34. The van der Waals surface area contributed by atoms with E-state index >= 15 is 0 Å². The molecule has 2 aromatic heterocycles. The van der Waals surface area contributed by atoms with E-state index in [0.717, 1.165) is 12.1 Å². The first-order chi connectivity index (χ1) is 10.7. The third-order valence-electron chi connectivity index (χ3n) is 3.26. The summed E-state index contributed by atoms with van der Waals surface area (Å²) in [5.74, 6) is -2.37. The SMILES string of the molecule is NC(=O)c1[nH]c2ccc(Br)cc2c1S(=O)(=O)n1c(O)ccc1O. The summed E-state index contributed by atoms with van der Waals surface area (Å²) in [6.07, 6.45) is 0. The maximum Gasteiger partial charge on any atom is 0.276 e. The second-order valence-corrected chi connectivity index (χ2v) is 7.34. The van der Waals surface area contributed by atoms with Gasteiger partial charge >= 0.3 is 0 Å². The number of rotatable bonds is 3. The number of aromatic amines is 1. The Kier molecular flexibility index (Phi) is 3.38. The average Bonchev–Trinajstić information content (AvgIpc) is 2.99. The third-order valence-corrected chi connectivity index (χ3v) is 5.54. The summed E-state index contributed by atoms with van der Waals surface area (Å²) in [7, 11) is -4.47. The molecule has 0 unspecified atom stereocenters. The topological polar surface area (TPSA) is 138 Å². The summed E-state index contributed by atoms with van der Waals surface area (Å²) < 4.78 is 26.6. The lowest BCUT2D eigenvalue weighted by Crippen LogP contribution is -2.19. The fourth-order valence-electron chi connectivity index (χ4n) is 2.32. The van der Waals surface area contributed by atoms with Gasteiger partial charge < -0.3 is 20.9 Å². The van der Waals surface area contributed by atoms with Crippen LogP contribution in [0.1, 0.15) is 10.5 Å². The molecular formula is C13H10BrN3O5S. The van der Waals surface area contributed by atoms with Crippen molar-refractivity contribution in [1.29, 1.82) is 0 Å². The molecule has 120 valence electrons. The molecule has 0 saturated heterocycles. The normalized spacial score (nSPS) is 11.9. The number of carbonyl (C=O) groups excluding carboxylic acids is 1. The molecule has 1 amide bonds. The molecule has 5 N–H and O–H groups in total. The number of carbonyl (C=O) groups is 1. The number of amides is 1. The minimum absolute atomic E-state index is 0.195. The van der Waals surface area contributed by atoms with E-state index in [4.69, 9.17) is 5.73 Å². The van der Waals surface area contributed by atoms with E-state index in [1.54, 1.807) is 12.1 Å². The van der Waals surface area contributed by atoms with E-state index in [-0.39, 0.29) is 11.1 Å². The monoisotopic (exact) mass is 399 g/mol. The van der Waals surface area contributed by atoms with Crippen LogP contribution in [0, 0.1) is 0 Å². The van der Waals surface area contributed by atoms with E-state index in [0.29, 0.717) is 14.0 Å². The molecule has 0 spiro atoms. The lowest BCUT2D eigenvalue weighted by molar-refractivity contribution is 0.0993. The van der Waals surface area contributed by atoms with Crippen LogP contribution in [0.3, 0.4) is 0 Å². The first-order valence-corrected chi connectivity index (χ1v) is 8.43. The minimum Gasteiger partial charge on any atom is -0.494 e. The lowest BCUT2D eigenvalue weighted by Gasteiger charge is -2.09. The number of aromatic nitrogens is 2. The highest BCUT2D eigenvalue weighted by molar-refractivity contribution is 9.10. The minimum atomic E-state index is -4.47. The van der Waals surface area contributed by atoms with Gasteiger partial charge in [0.15, 0.2) is 0 Å². The van der Waals surface area contributed by atoms with E-state index in [1.807, 2.05) is 0 Å². The van der Waals surface area contributed by atoms with Crippen LogP contribution >= 0.6 is 15.9 Å². The van der Waals surface area contributed by atoms with Gasteiger partial charge in [-0.15, -0.1) is 0 Å². The zero-order valence-corrected chi connectivity index (χ0v) is 13.7. The van der Waals surface area contributed by atoms with Gasteiger partial charge in [0.1, 0.15) is 10.6 Å². The second kappa shape index (κ2) is 5.03. The van der Waals surface area contributed by atoms with Gasteiger partial charge in [-0.25, -0.2) is 8.42 Å². The number of primary amides is 1. The summed E-state index contributed by atoms with van der Waals surface area (Å²) in [5, 5.41) is 19.6. The van der Waals surface area contributed by atoms with E-state index in [1.165, 1.54) is 6.07 Å². The molecule has 0 radical (unpaired) electrons. The number of hydrogen-bond acceptors (Lipinski definition) is 5. The van der Waals surface area contributed by atoms with Gasteiger partial charge in [0, 0.05) is 27.5 Å². The molecule has 3 aromatic rings. The van der Waals surface area contributed by atoms with Gasteiger partial charge in [0.25, 0.3) is 15.9 Å². The van der Waals surface area contributed by atoms with Crippen LogP contribution in [0.25, 0.3) is 10.9 Å². The number of benzene rings is 1. The van der Waals surface area contributed by atoms with Crippen molar-refractivity contribution in [2.75, 3.05) is 0 Å². The van der Waals surface area contributed by atoms with Gasteiger partial charge in [-0.1, -0.05) is 15.9 Å². The van der Waals surface area contributed by atoms with Gasteiger partial charge in [-0.3, -0.25) is 4.79 Å². The number of nitrogens with two attached hydrogens (primary N) is 1. The molecule has 0 aliphatic rings. The van der Waals surface area contributed by atoms with Crippen molar-refractivity contribution >= 4 is 42.8 Å². The molecule has 8 nitrogen and oxygen atoms in total. The Bertz CT molecular complexity index is 1030. The Balaban J connectivity index is 2.45. The van der Waals surface area contributed by atoms with Crippen molar-refractivity contribution in [2.45, 2.75) is 4.90 Å². The smallest absolute Gasteiger partial charge is 0.276 e. The maximum absolute atomic E-state index is 12.8. The molecule has 0 aliphatic heterocycles. The van der Waals surface area contributed by atoms with E-state index < -0.39 is 32.6 Å². The van der Waals surface area contributed by atoms with Crippen LogP contribution in [0.4, 0.5) is 0 Å². The Morgan fingerprint density at radius 3 is 2.35 bits per heavy atom. The molecular weight excluding hydrogens is 390 g/mol. The zero-order chi connectivity index (χ0) is 16.9. The highest BCUT2D eigenvalue weighted by atomic mass is 79.9. The van der Waals surface area contributed by atoms with Gasteiger partial charge in [-0.05, 0) is 18.2 Å². The zero-order valence-electron chi connectivity index (χ0n) is 11.3. The van der Waals surface area contributed by atoms with Crippen LogP contribution in [-0.2, 0) is 10.0 Å². The Morgan fingerprint density at radius 2 is 1.78 bits per heavy atom. The van der Waals surface area contributed by atoms with Crippen molar-refractivity contribution in [3.8, 4) is 11.8 Å². The number of nitrogens with zero attached hydrogens (tertiary/aromatic N) is 1. The van der Waals surface area contributed by atoms with Gasteiger partial charge in [-0.2, -0.15) is 3.97 Å². The Labute approximate surface area is 138 Å². The summed E-state index contributed by atoms with van der Waals surface area (Å²) in [6, 6.07) is 6.75. The maximum atomic E-state index is 12.8. The van der Waals surface area contributed by atoms with E-state index in [2.05, 4.69) is 20.9 Å². The summed E-state index contributed by atoms with van der Waals surface area (Å²) in [6.45, 7) is 0. The van der Waals surface area contributed by atoms with Crippen LogP contribution in [0.2, 0.25) is 0 Å². The molecule has 0 aliphatic carbocycles. The molecule has 1 aromatic carbocycles. The highest BCUT2D eigenvalue weighted by Gasteiger charge is 2.31. The lowest BCUT2D eigenvalue weighted by atomic mass is 10.2. The molecule has 3 rings (SSSR count). The van der Waals surface area contributed by atoms with Crippen molar-refractivity contribution in [1.82, 2.24) is 8.96 Å². The first kappa shape index (κ1) is 15.4. The van der Waals surface area contributed by atoms with Gasteiger partial charge in [0.2, 0.25) is 11.8 Å². The fraction of sp³-hybridized carbons (Fsp3) is 0. The molecule has 10 heteroatoms. The summed E-state index contributed by atoms with van der Waals surface area (Å²) >= 11 is 3.23. The molecule has 0 atom stereocenters. The first-order valence-electron chi connectivity index (χ1n) is 6.19. The predicted octanol–water partition coefficient (Wildman–Crippen LogP) is 1.48. The fourth-order valence-corrected chi connectivity index (χ4v) is 4.33. The second-order valence-electron chi connectivity index (χ2n) is 4.70. The number of H-pyrrole nitrogens is 1. The van der Waals surface area contributed by atoms with Crippen LogP contribution in [0.15, 0.2) is 39.7 Å². The molecule has 23 heavy (non-hydrogen) atoms. The number of halogens is 1. The number of fused-ring (bicyclic) bond motifs is 1. The number of nitrogens with one attached hydrogen (secondary N) is 1. The molecule has 0 fully saturated rings. The average molecular weight is 400 g/mol. The number of aromatic hydroxyl groups is 2. The predicted molar refractivity (Wildman–Crippen MR) is 84.9 cm³/mol. The molecule has 0 saturated carbocycles. The molecule has 2 heterocycles. The number of hydrogen-bond donors (Lipinski definition) is 4. The largest absolute Gasteiger partial charge is 0.494 e. The van der Waals surface area contributed by atoms with E-state index in [9.17, 15) is 23.4 Å². The van der Waals surface area contributed by atoms with Crippen molar-refractivity contribution in [3.63, 3.8) is 0 Å². The quantitative estimate of drug-likeness (QED) is 0.528. The van der Waals surface area contributed by atoms with Crippen molar-refractivity contribution in [3.05, 3.63) is 40.5 Å². The van der Waals surface area contributed by atoms with Gasteiger partial charge in [0.05, 0.1) is 0 Å². The van der Waals surface area contributed by atoms with Crippen molar-refractivity contribution in [2.24, 2.45) is 5.73 Å². The van der Waals surface area contributed by atoms with Crippen LogP contribution in [0.5, 0.6) is 11.8 Å². The third kappa shape index (κ3) is 2.26. The van der Waals surface area contributed by atoms with Crippen molar-refractivity contribution < 1.29 is 23.4 Å². The Hall–Kier alpha value is -2.46. The summed E-state index contributed by atoms with van der Waals surface area (Å²) in [5.41, 5.74) is 5.29. The van der Waals surface area contributed by atoms with Crippen LogP contribution < -0.4 is 5.73 Å².